The number of nitrogens with one attached hydrogen (secondary N) is 2. The van der Waals surface area contributed by atoms with Crippen LogP contribution in [0.25, 0.3) is 22.1 Å². The van der Waals surface area contributed by atoms with Crippen molar-refractivity contribution in [2.24, 2.45) is 0 Å². The van der Waals surface area contributed by atoms with Crippen LogP contribution in [0.2, 0.25) is 0 Å². The van der Waals surface area contributed by atoms with E-state index in [2.05, 4.69) is 66.4 Å². The number of hydrogen-bond donors (Lipinski definition) is 5. The average Bonchev–Trinajstić information content (AvgIpc) is 1.75. The molecule has 24 nitrogen and oxygen atoms in total. The van der Waals surface area contributed by atoms with E-state index in [0.717, 1.165) is 104 Å². The fourth-order valence-corrected chi connectivity index (χ4v) is 11.4. The molecule has 7 aromatic rings. The van der Waals surface area contributed by atoms with Gasteiger partial charge in [0.1, 0.15) is 34.6 Å². The van der Waals surface area contributed by atoms with E-state index in [-0.39, 0.29) is 56.9 Å². The number of anilines is 4. The highest BCUT2D eigenvalue weighted by molar-refractivity contribution is 7.84. The minimum atomic E-state index is -1.31. The topological polar surface area (TPSA) is 324 Å². The van der Waals surface area contributed by atoms with E-state index in [1.807, 2.05) is 52.3 Å². The number of carbonyl (C=O) groups is 3. The van der Waals surface area contributed by atoms with Gasteiger partial charge in [0.05, 0.1) is 16.4 Å². The van der Waals surface area contributed by atoms with Crippen molar-refractivity contribution < 1.29 is 23.7 Å². The zero-order chi connectivity index (χ0) is 62.9. The Bertz CT molecular complexity index is 3830. The molecule has 3 aromatic carbocycles. The van der Waals surface area contributed by atoms with E-state index >= 15 is 0 Å². The summed E-state index contributed by atoms with van der Waals surface area (Å²) in [5.41, 5.74) is 14.9. The SMILES string of the molecule is CN1CCN(C(=O)c2cccc(N)c2)CC1.CN1CCN(C(=O)c2cccc(Nc3ncc4cc(C#N)c(=O)n(C5CCCC5)c4n3)c2)CC1.CN1CCNCC1.CS(=O)c1ncc2cc(C#N)c(=O)n(C3CCCC3)c2n1.Nc1cccc(C(=O)O)c1. The first-order valence-corrected chi connectivity index (χ1v) is 31.1. The van der Waals surface area contributed by atoms with Crippen LogP contribution in [-0.2, 0) is 10.8 Å². The second kappa shape index (κ2) is 31.1. The summed E-state index contributed by atoms with van der Waals surface area (Å²) in [7, 11) is 4.97. The Morgan fingerprint density at radius 3 is 1.47 bits per heavy atom. The highest BCUT2D eigenvalue weighted by Crippen LogP contribution is 2.32. The predicted octanol–water partition coefficient (Wildman–Crippen LogP) is 5.57. The van der Waals surface area contributed by atoms with Crippen molar-refractivity contribution in [1.82, 2.24) is 58.9 Å². The van der Waals surface area contributed by atoms with Crippen molar-refractivity contribution in [2.45, 2.75) is 68.6 Å². The maximum absolute atomic E-state index is 13.0. The lowest BCUT2D eigenvalue weighted by atomic mass is 10.1. The molecule has 0 radical (unpaired) electrons. The quantitative estimate of drug-likeness (QED) is 0.0917. The number of pyridine rings is 2. The monoisotopic (exact) mass is 1220 g/mol. The molecule has 2 amide bonds. The van der Waals surface area contributed by atoms with Crippen molar-refractivity contribution in [3.8, 4) is 12.1 Å². The zero-order valence-electron chi connectivity index (χ0n) is 50.3. The summed E-state index contributed by atoms with van der Waals surface area (Å²) in [4.78, 5) is 88.7. The largest absolute Gasteiger partial charge is 0.478 e. The maximum Gasteiger partial charge on any atom is 0.335 e. The minimum absolute atomic E-state index is 0.00952. The number of amides is 2. The molecule has 5 fully saturated rings. The Morgan fingerprint density at radius 2 is 1.03 bits per heavy atom. The molecule has 3 saturated heterocycles. The molecule has 1 atom stereocenters. The molecule has 2 aliphatic carbocycles. The molecule has 0 bridgehead atoms. The van der Waals surface area contributed by atoms with E-state index < -0.39 is 16.8 Å². The first-order valence-electron chi connectivity index (χ1n) is 29.6. The molecule has 462 valence electrons. The van der Waals surface area contributed by atoms with E-state index in [1.165, 1.54) is 43.7 Å². The number of hydrogen-bond acceptors (Lipinski definition) is 19. The summed E-state index contributed by atoms with van der Waals surface area (Å²) >= 11 is 0. The third-order valence-corrected chi connectivity index (χ3v) is 16.7. The number of carbonyl (C=O) groups excluding carboxylic acids is 2. The standard InChI is InChI=1S/C25H27N7O2.C14H14N4O2S.C12H17N3O.C7H7NO2.C5H12N2/c1-30-9-11-31(12-10-30)23(33)17-5-4-6-20(14-17)28-25-27-16-19-13-18(15-26)24(34)32(22(19)29-25)21-7-2-3-8-21;1-21(20)14-16-8-10-6-9(7-15)13(19)18(12(10)17-14)11-4-2-3-5-11;1-14-5-7-15(8-6-14)12(16)10-3-2-4-11(13)9-10;8-6-3-1-2-5(4-6)7(9)10;1-7-4-2-6-3-5-7/h4-6,13-14,16,21H,2-3,7-12H2,1H3,(H,27,28,29);6,8,11H,2-5H2,1H3;2-4,9H,5-8,13H2,1H3;1-4H,8H2,(H,9,10);6H,2-5H2,1H3. The average molecular weight is 1220 g/mol. The second-order valence-electron chi connectivity index (χ2n) is 22.4. The number of carboxylic acid groups (broad SMARTS) is 1. The lowest BCUT2D eigenvalue weighted by molar-refractivity contribution is 0.0657. The third-order valence-electron chi connectivity index (χ3n) is 16.0. The number of fused-ring (bicyclic) bond motifs is 2. The summed E-state index contributed by atoms with van der Waals surface area (Å²) in [5, 5.41) is 35.0. The lowest BCUT2D eigenvalue weighted by Crippen LogP contribution is -2.47. The van der Waals surface area contributed by atoms with Crippen molar-refractivity contribution in [3.05, 3.63) is 146 Å². The second-order valence-corrected chi connectivity index (χ2v) is 23.7. The van der Waals surface area contributed by atoms with Gasteiger partial charge in [0.15, 0.2) is 0 Å². The number of nitrogens with two attached hydrogens (primary N) is 2. The zero-order valence-corrected chi connectivity index (χ0v) is 51.1. The van der Waals surface area contributed by atoms with Gasteiger partial charge in [-0.3, -0.25) is 32.5 Å². The summed E-state index contributed by atoms with van der Waals surface area (Å²) in [6, 6.07) is 27.8. The molecule has 2 saturated carbocycles. The molecule has 7 heterocycles. The van der Waals surface area contributed by atoms with Crippen LogP contribution in [0.1, 0.15) is 106 Å². The lowest BCUT2D eigenvalue weighted by Gasteiger charge is -2.32. The highest BCUT2D eigenvalue weighted by atomic mass is 32.2. The summed E-state index contributed by atoms with van der Waals surface area (Å²) in [6.45, 7) is 11.4. The molecular formula is C63H77N17O7S. The number of rotatable bonds is 8. The normalized spacial score (nSPS) is 16.9. The molecule has 0 spiro atoms. The maximum atomic E-state index is 13.0. The number of carboxylic acids is 1. The molecule has 88 heavy (non-hydrogen) atoms. The third kappa shape index (κ3) is 17.2. The Morgan fingerprint density at radius 1 is 0.602 bits per heavy atom. The van der Waals surface area contributed by atoms with Crippen LogP contribution in [0, 0.1) is 22.7 Å². The van der Waals surface area contributed by atoms with Gasteiger partial charge >= 0.3 is 5.97 Å². The Hall–Kier alpha value is -8.98. The Labute approximate surface area is 513 Å². The minimum Gasteiger partial charge on any atom is -0.478 e. The van der Waals surface area contributed by atoms with Gasteiger partial charge in [-0.1, -0.05) is 43.9 Å². The summed E-state index contributed by atoms with van der Waals surface area (Å²) in [5.74, 6) is -0.518. The van der Waals surface area contributed by atoms with Crippen LogP contribution in [0.4, 0.5) is 23.0 Å². The molecule has 7 N–H and O–H groups in total. The number of aromatic nitrogens is 6. The van der Waals surface area contributed by atoms with Crippen molar-refractivity contribution >= 4 is 73.7 Å². The van der Waals surface area contributed by atoms with E-state index in [9.17, 15) is 33.4 Å². The predicted molar refractivity (Wildman–Crippen MR) is 340 cm³/mol. The van der Waals surface area contributed by atoms with Crippen LogP contribution < -0.4 is 33.2 Å². The first-order chi connectivity index (χ1) is 42.4. The number of nitrogens with zero attached hydrogens (tertiary/aromatic N) is 13. The number of benzene rings is 3. The van der Waals surface area contributed by atoms with Gasteiger partial charge < -0.3 is 51.7 Å². The van der Waals surface area contributed by atoms with E-state index in [4.69, 9.17) is 21.8 Å². The molecule has 25 heteroatoms. The fourth-order valence-electron chi connectivity index (χ4n) is 10.9. The first kappa shape index (κ1) is 65.0. The molecule has 5 aliphatic rings. The van der Waals surface area contributed by atoms with Crippen LogP contribution in [-0.4, -0.2) is 187 Å². The van der Waals surface area contributed by atoms with Crippen molar-refractivity contribution in [2.75, 3.05) is 123 Å². The molecule has 4 aromatic heterocycles. The Balaban J connectivity index is 0.000000158. The number of aromatic carboxylic acids is 1. The van der Waals surface area contributed by atoms with E-state index in [1.54, 1.807) is 51.7 Å². The molecular weight excluding hydrogens is 1140 g/mol. The van der Waals surface area contributed by atoms with Crippen LogP contribution in [0.3, 0.4) is 0 Å². The van der Waals surface area contributed by atoms with E-state index in [0.29, 0.717) is 69.3 Å². The fraction of sp³-hybridized carbons (Fsp3) is 0.413. The van der Waals surface area contributed by atoms with Gasteiger partial charge in [-0.05, 0) is 114 Å². The van der Waals surface area contributed by atoms with Crippen LogP contribution >= 0.6 is 0 Å². The van der Waals surface area contributed by atoms with Crippen LogP contribution in [0.15, 0.2) is 112 Å². The van der Waals surface area contributed by atoms with Gasteiger partial charge in [0.25, 0.3) is 22.9 Å². The molecule has 3 aliphatic heterocycles. The van der Waals surface area contributed by atoms with Gasteiger partial charge in [-0.2, -0.15) is 15.5 Å². The Kier molecular flexibility index (Phi) is 23.0. The summed E-state index contributed by atoms with van der Waals surface area (Å²) < 4.78 is 14.8. The van der Waals surface area contributed by atoms with Gasteiger partial charge in [0, 0.05) is 148 Å². The molecule has 12 rings (SSSR count). The smallest absolute Gasteiger partial charge is 0.335 e. The van der Waals surface area contributed by atoms with Crippen LogP contribution in [0.5, 0.6) is 0 Å². The molecule has 1 unspecified atom stereocenters. The number of likely N-dealkylation sites (N-methyl/N-ethyl adjacent to an activating group) is 3. The number of piperazine rings is 3. The number of nitrogen functional groups attached to an aromatic ring is 2. The number of nitriles is 2. The van der Waals surface area contributed by atoms with Crippen molar-refractivity contribution in [1.29, 1.82) is 10.5 Å². The van der Waals surface area contributed by atoms with Gasteiger partial charge in [0.2, 0.25) is 11.1 Å². The van der Waals surface area contributed by atoms with Gasteiger partial charge in [-0.25, -0.2) is 19.7 Å². The summed E-state index contributed by atoms with van der Waals surface area (Å²) in [6.07, 6.45) is 12.5. The highest BCUT2D eigenvalue weighted by Gasteiger charge is 2.26. The van der Waals surface area contributed by atoms with Crippen molar-refractivity contribution in [3.63, 3.8) is 0 Å². The van der Waals surface area contributed by atoms with Gasteiger partial charge in [-0.15, -0.1) is 0 Å².